The van der Waals surface area contributed by atoms with Crippen LogP contribution in [0.4, 0.5) is 8.78 Å². The summed E-state index contributed by atoms with van der Waals surface area (Å²) < 4.78 is 29.2. The Hall–Kier alpha value is -1.16. The summed E-state index contributed by atoms with van der Waals surface area (Å²) in [6, 6.07) is 5.29. The van der Waals surface area contributed by atoms with E-state index in [2.05, 4.69) is 4.74 Å². The second-order valence-corrected chi connectivity index (χ2v) is 4.27. The van der Waals surface area contributed by atoms with Gasteiger partial charge in [0.1, 0.15) is 5.75 Å². The Bertz CT molecular complexity index is 387. The summed E-state index contributed by atoms with van der Waals surface area (Å²) in [6.45, 7) is -1.11. The van der Waals surface area contributed by atoms with Crippen molar-refractivity contribution < 1.29 is 18.6 Å². The molecule has 1 saturated carbocycles. The molecule has 0 bridgehead atoms. The third kappa shape index (κ3) is 1.89. The standard InChI is InChI=1S/C12H14F2O2/c1-8-3-2-4-9(10(8)16-11(13)14)12(7-15)5-6-12/h2-4,11,15H,5-7H2,1H3. The maximum atomic E-state index is 12.3. The smallest absolute Gasteiger partial charge is 0.387 e. The summed E-state index contributed by atoms with van der Waals surface area (Å²) in [5, 5.41) is 9.32. The fraction of sp³-hybridized carbons (Fsp3) is 0.500. The lowest BCUT2D eigenvalue weighted by atomic mass is 9.94. The van der Waals surface area contributed by atoms with E-state index in [1.807, 2.05) is 0 Å². The van der Waals surface area contributed by atoms with Gasteiger partial charge < -0.3 is 9.84 Å². The Morgan fingerprint density at radius 2 is 2.12 bits per heavy atom. The second-order valence-electron chi connectivity index (χ2n) is 4.27. The third-order valence-corrected chi connectivity index (χ3v) is 3.15. The van der Waals surface area contributed by atoms with Crippen LogP contribution in [0.15, 0.2) is 18.2 Å². The van der Waals surface area contributed by atoms with E-state index in [0.29, 0.717) is 11.1 Å². The lowest BCUT2D eigenvalue weighted by Crippen LogP contribution is -2.16. The van der Waals surface area contributed by atoms with Gasteiger partial charge in [0, 0.05) is 11.0 Å². The van der Waals surface area contributed by atoms with Gasteiger partial charge >= 0.3 is 6.61 Å². The number of hydrogen-bond donors (Lipinski definition) is 1. The van der Waals surface area contributed by atoms with Gasteiger partial charge in [0.25, 0.3) is 0 Å². The Morgan fingerprint density at radius 1 is 1.44 bits per heavy atom. The van der Waals surface area contributed by atoms with Crippen molar-refractivity contribution in [2.75, 3.05) is 6.61 Å². The summed E-state index contributed by atoms with van der Waals surface area (Å²) in [6.07, 6.45) is 1.65. The molecular formula is C12H14F2O2. The van der Waals surface area contributed by atoms with Crippen LogP contribution in [0, 0.1) is 6.92 Å². The number of aliphatic hydroxyl groups excluding tert-OH is 1. The maximum Gasteiger partial charge on any atom is 0.387 e. The van der Waals surface area contributed by atoms with Crippen molar-refractivity contribution in [3.05, 3.63) is 29.3 Å². The Labute approximate surface area is 92.9 Å². The van der Waals surface area contributed by atoms with E-state index in [1.54, 1.807) is 25.1 Å². The predicted molar refractivity (Wildman–Crippen MR) is 55.8 cm³/mol. The molecule has 0 heterocycles. The fourth-order valence-corrected chi connectivity index (χ4v) is 1.98. The van der Waals surface area contributed by atoms with E-state index in [9.17, 15) is 13.9 Å². The number of para-hydroxylation sites is 1. The van der Waals surface area contributed by atoms with Crippen LogP contribution in [-0.4, -0.2) is 18.3 Å². The maximum absolute atomic E-state index is 12.3. The fourth-order valence-electron chi connectivity index (χ4n) is 1.98. The monoisotopic (exact) mass is 228 g/mol. The number of benzene rings is 1. The number of aryl methyl sites for hydroxylation is 1. The van der Waals surface area contributed by atoms with Crippen LogP contribution < -0.4 is 4.74 Å². The molecule has 0 atom stereocenters. The average Bonchev–Trinajstić information content (AvgIpc) is 3.01. The van der Waals surface area contributed by atoms with Crippen LogP contribution in [0.25, 0.3) is 0 Å². The first-order chi connectivity index (χ1) is 7.59. The van der Waals surface area contributed by atoms with Gasteiger partial charge in [0.15, 0.2) is 0 Å². The summed E-state index contributed by atoms with van der Waals surface area (Å²) in [7, 11) is 0. The molecule has 0 aliphatic heterocycles. The third-order valence-electron chi connectivity index (χ3n) is 3.15. The molecule has 1 fully saturated rings. The molecule has 1 aromatic carbocycles. The number of hydrogen-bond acceptors (Lipinski definition) is 2. The summed E-state index contributed by atoms with van der Waals surface area (Å²) in [4.78, 5) is 0. The molecule has 0 aromatic heterocycles. The van der Waals surface area contributed by atoms with Crippen molar-refractivity contribution in [1.29, 1.82) is 0 Å². The van der Waals surface area contributed by atoms with E-state index in [4.69, 9.17) is 0 Å². The first-order valence-corrected chi connectivity index (χ1v) is 5.25. The number of ether oxygens (including phenoxy) is 1. The lowest BCUT2D eigenvalue weighted by molar-refractivity contribution is -0.0513. The van der Waals surface area contributed by atoms with Crippen molar-refractivity contribution in [3.63, 3.8) is 0 Å². The van der Waals surface area contributed by atoms with Crippen molar-refractivity contribution in [3.8, 4) is 5.75 Å². The minimum atomic E-state index is -2.82. The van der Waals surface area contributed by atoms with E-state index < -0.39 is 6.61 Å². The van der Waals surface area contributed by atoms with Gasteiger partial charge in [-0.05, 0) is 25.3 Å². The molecule has 0 spiro atoms. The molecule has 16 heavy (non-hydrogen) atoms. The molecule has 4 heteroatoms. The number of halogens is 2. The van der Waals surface area contributed by atoms with Crippen LogP contribution in [0.3, 0.4) is 0 Å². The van der Waals surface area contributed by atoms with Crippen molar-refractivity contribution in [2.24, 2.45) is 0 Å². The molecule has 1 aromatic rings. The molecule has 0 radical (unpaired) electrons. The second kappa shape index (κ2) is 4.01. The predicted octanol–water partition coefficient (Wildman–Crippen LogP) is 2.62. The van der Waals surface area contributed by atoms with Gasteiger partial charge in [0.2, 0.25) is 0 Å². The quantitative estimate of drug-likeness (QED) is 0.858. The normalized spacial score (nSPS) is 17.6. The molecule has 2 rings (SSSR count). The molecule has 1 N–H and O–H groups in total. The number of alkyl halides is 2. The van der Waals surface area contributed by atoms with Gasteiger partial charge in [-0.1, -0.05) is 18.2 Å². The molecule has 1 aliphatic rings. The van der Waals surface area contributed by atoms with Gasteiger partial charge in [0.05, 0.1) is 6.61 Å². The Balaban J connectivity index is 2.40. The van der Waals surface area contributed by atoms with Gasteiger partial charge in [-0.3, -0.25) is 0 Å². The summed E-state index contributed by atoms with van der Waals surface area (Å²) in [5.41, 5.74) is 1.03. The molecule has 2 nitrogen and oxygen atoms in total. The average molecular weight is 228 g/mol. The lowest BCUT2D eigenvalue weighted by Gasteiger charge is -2.19. The molecule has 0 unspecified atom stereocenters. The van der Waals surface area contributed by atoms with Gasteiger partial charge in [-0.2, -0.15) is 8.78 Å². The molecule has 0 amide bonds. The Kier molecular flexibility index (Phi) is 2.84. The minimum absolute atomic E-state index is 0.0178. The molecule has 88 valence electrons. The van der Waals surface area contributed by atoms with Crippen molar-refractivity contribution in [2.45, 2.75) is 31.8 Å². The van der Waals surface area contributed by atoms with Crippen molar-refractivity contribution >= 4 is 0 Å². The zero-order valence-electron chi connectivity index (χ0n) is 9.04. The molecule has 0 saturated heterocycles. The zero-order chi connectivity index (χ0) is 11.8. The summed E-state index contributed by atoms with van der Waals surface area (Å²) >= 11 is 0. The largest absolute Gasteiger partial charge is 0.434 e. The molecule has 1 aliphatic carbocycles. The van der Waals surface area contributed by atoms with E-state index >= 15 is 0 Å². The van der Waals surface area contributed by atoms with Crippen LogP contribution in [0.1, 0.15) is 24.0 Å². The first-order valence-electron chi connectivity index (χ1n) is 5.25. The van der Waals surface area contributed by atoms with Crippen molar-refractivity contribution in [1.82, 2.24) is 0 Å². The highest BCUT2D eigenvalue weighted by molar-refractivity contribution is 5.48. The van der Waals surface area contributed by atoms with E-state index in [1.165, 1.54) is 0 Å². The van der Waals surface area contributed by atoms with E-state index in [-0.39, 0.29) is 17.8 Å². The SMILES string of the molecule is Cc1cccc(C2(CO)CC2)c1OC(F)F. The first kappa shape index (κ1) is 11.3. The highest BCUT2D eigenvalue weighted by atomic mass is 19.3. The van der Waals surface area contributed by atoms with Crippen LogP contribution in [0.5, 0.6) is 5.75 Å². The highest BCUT2D eigenvalue weighted by Crippen LogP contribution is 2.51. The highest BCUT2D eigenvalue weighted by Gasteiger charge is 2.46. The molecular weight excluding hydrogens is 214 g/mol. The summed E-state index contributed by atoms with van der Waals surface area (Å²) in [5.74, 6) is 0.226. The minimum Gasteiger partial charge on any atom is -0.434 e. The number of aliphatic hydroxyl groups is 1. The topological polar surface area (TPSA) is 29.5 Å². The van der Waals surface area contributed by atoms with E-state index in [0.717, 1.165) is 12.8 Å². The number of rotatable bonds is 4. The zero-order valence-corrected chi connectivity index (χ0v) is 9.04. The van der Waals surface area contributed by atoms with Gasteiger partial charge in [-0.25, -0.2) is 0 Å². The van der Waals surface area contributed by atoms with Crippen LogP contribution in [-0.2, 0) is 5.41 Å². The Morgan fingerprint density at radius 3 is 2.62 bits per heavy atom. The van der Waals surface area contributed by atoms with Crippen LogP contribution >= 0.6 is 0 Å². The van der Waals surface area contributed by atoms with Gasteiger partial charge in [-0.15, -0.1) is 0 Å². The van der Waals surface area contributed by atoms with Crippen LogP contribution in [0.2, 0.25) is 0 Å².